The predicted molar refractivity (Wildman–Crippen MR) is 78.7 cm³/mol. The van der Waals surface area contributed by atoms with Crippen molar-refractivity contribution in [3.63, 3.8) is 0 Å². The molecular formula is C15H19N3O4. The number of benzene rings is 1. The van der Waals surface area contributed by atoms with Crippen LogP contribution in [0.15, 0.2) is 22.7 Å². The third-order valence-corrected chi connectivity index (χ3v) is 3.72. The number of β-amino-alcohol motifs (C(OH)–C–C–N with tert-alkyl or cyclic N) is 1. The maximum absolute atomic E-state index is 9.53. The minimum Gasteiger partial charge on any atom is -0.493 e. The minimum absolute atomic E-state index is 0.256. The molecule has 2 aromatic rings. The SMILES string of the molecule is COc1ccc(-c2noc(CN3CCC(O)C3)n2)cc1OC. The summed E-state index contributed by atoms with van der Waals surface area (Å²) in [5, 5.41) is 13.5. The van der Waals surface area contributed by atoms with Crippen LogP contribution in [0.3, 0.4) is 0 Å². The minimum atomic E-state index is -0.256. The number of aromatic nitrogens is 2. The molecule has 0 radical (unpaired) electrons. The van der Waals surface area contributed by atoms with Gasteiger partial charge in [-0.3, -0.25) is 4.90 Å². The lowest BCUT2D eigenvalue weighted by Gasteiger charge is -2.10. The molecule has 1 fully saturated rings. The predicted octanol–water partition coefficient (Wildman–Crippen LogP) is 1.32. The van der Waals surface area contributed by atoms with Crippen LogP contribution in [0.1, 0.15) is 12.3 Å². The van der Waals surface area contributed by atoms with Crippen molar-refractivity contribution in [2.45, 2.75) is 19.1 Å². The number of methoxy groups -OCH3 is 2. The average molecular weight is 305 g/mol. The Labute approximate surface area is 128 Å². The second kappa shape index (κ2) is 6.33. The molecule has 7 nitrogen and oxygen atoms in total. The van der Waals surface area contributed by atoms with Crippen molar-refractivity contribution in [2.24, 2.45) is 0 Å². The monoisotopic (exact) mass is 305 g/mol. The molecule has 0 amide bonds. The zero-order valence-corrected chi connectivity index (χ0v) is 12.7. The number of hydrogen-bond acceptors (Lipinski definition) is 7. The third kappa shape index (κ3) is 3.05. The van der Waals surface area contributed by atoms with Gasteiger partial charge in [0.1, 0.15) is 0 Å². The summed E-state index contributed by atoms with van der Waals surface area (Å²) in [6.07, 6.45) is 0.532. The fourth-order valence-electron chi connectivity index (χ4n) is 2.56. The van der Waals surface area contributed by atoms with E-state index in [1.54, 1.807) is 20.3 Å². The van der Waals surface area contributed by atoms with E-state index in [2.05, 4.69) is 15.0 Å². The maximum Gasteiger partial charge on any atom is 0.241 e. The molecule has 3 rings (SSSR count). The van der Waals surface area contributed by atoms with E-state index in [9.17, 15) is 5.11 Å². The molecule has 0 spiro atoms. The van der Waals surface area contributed by atoms with E-state index in [4.69, 9.17) is 14.0 Å². The zero-order valence-electron chi connectivity index (χ0n) is 12.7. The normalized spacial score (nSPS) is 18.6. The number of aliphatic hydroxyl groups is 1. The highest BCUT2D eigenvalue weighted by atomic mass is 16.5. The highest BCUT2D eigenvalue weighted by molar-refractivity contribution is 5.60. The summed E-state index contributed by atoms with van der Waals surface area (Å²) in [4.78, 5) is 6.50. The van der Waals surface area contributed by atoms with Crippen LogP contribution in [0.25, 0.3) is 11.4 Å². The molecule has 1 aromatic carbocycles. The van der Waals surface area contributed by atoms with Crippen LogP contribution in [0.2, 0.25) is 0 Å². The summed E-state index contributed by atoms with van der Waals surface area (Å²) in [7, 11) is 3.18. The lowest BCUT2D eigenvalue weighted by Crippen LogP contribution is -2.21. The summed E-state index contributed by atoms with van der Waals surface area (Å²) in [6.45, 7) is 2.04. The number of nitrogens with zero attached hydrogens (tertiary/aromatic N) is 3. The standard InChI is InChI=1S/C15H19N3O4/c1-20-12-4-3-10(7-13(12)21-2)15-16-14(22-17-15)9-18-6-5-11(19)8-18/h3-4,7,11,19H,5-6,8-9H2,1-2H3. The van der Waals surface area contributed by atoms with Crippen LogP contribution in [0.4, 0.5) is 0 Å². The van der Waals surface area contributed by atoms with Gasteiger partial charge in [0.2, 0.25) is 11.7 Å². The zero-order chi connectivity index (χ0) is 15.5. The van der Waals surface area contributed by atoms with E-state index >= 15 is 0 Å². The molecule has 1 N–H and O–H groups in total. The fraction of sp³-hybridized carbons (Fsp3) is 0.467. The summed E-state index contributed by atoms with van der Waals surface area (Å²) in [5.41, 5.74) is 0.800. The van der Waals surface area contributed by atoms with E-state index in [0.717, 1.165) is 18.5 Å². The highest BCUT2D eigenvalue weighted by Crippen LogP contribution is 2.31. The lowest BCUT2D eigenvalue weighted by molar-refractivity contribution is 0.169. The number of ether oxygens (including phenoxy) is 2. The molecule has 1 unspecified atom stereocenters. The first-order chi connectivity index (χ1) is 10.7. The largest absolute Gasteiger partial charge is 0.493 e. The molecule has 22 heavy (non-hydrogen) atoms. The molecule has 1 aliphatic rings. The van der Waals surface area contributed by atoms with Gasteiger partial charge in [-0.15, -0.1) is 0 Å². The Balaban J connectivity index is 1.75. The van der Waals surface area contributed by atoms with Gasteiger partial charge >= 0.3 is 0 Å². The van der Waals surface area contributed by atoms with Crippen molar-refractivity contribution in [1.82, 2.24) is 15.0 Å². The van der Waals surface area contributed by atoms with Crippen LogP contribution in [0.5, 0.6) is 11.5 Å². The summed E-state index contributed by atoms with van der Waals surface area (Å²) < 4.78 is 15.8. The Morgan fingerprint density at radius 2 is 2.14 bits per heavy atom. The lowest BCUT2D eigenvalue weighted by atomic mass is 10.2. The molecule has 1 aromatic heterocycles. The van der Waals surface area contributed by atoms with Gasteiger partial charge in [-0.25, -0.2) is 0 Å². The molecule has 0 bridgehead atoms. The van der Waals surface area contributed by atoms with Crippen LogP contribution >= 0.6 is 0 Å². The Hall–Kier alpha value is -2.12. The van der Waals surface area contributed by atoms with Crippen LogP contribution in [0, 0.1) is 0 Å². The van der Waals surface area contributed by atoms with Crippen LogP contribution < -0.4 is 9.47 Å². The van der Waals surface area contributed by atoms with E-state index in [1.807, 2.05) is 12.1 Å². The number of aliphatic hydroxyl groups excluding tert-OH is 1. The second-order valence-electron chi connectivity index (χ2n) is 5.26. The molecule has 0 aliphatic carbocycles. The van der Waals surface area contributed by atoms with Crippen molar-refractivity contribution in [3.05, 3.63) is 24.1 Å². The maximum atomic E-state index is 9.53. The molecule has 7 heteroatoms. The number of hydrogen-bond donors (Lipinski definition) is 1. The Morgan fingerprint density at radius 1 is 1.32 bits per heavy atom. The van der Waals surface area contributed by atoms with Crippen molar-refractivity contribution in [1.29, 1.82) is 0 Å². The van der Waals surface area contributed by atoms with Gasteiger partial charge in [-0.1, -0.05) is 5.16 Å². The average Bonchev–Trinajstić information content (AvgIpc) is 3.16. The van der Waals surface area contributed by atoms with Gasteiger partial charge in [0.25, 0.3) is 0 Å². The summed E-state index contributed by atoms with van der Waals surface area (Å²) in [5.74, 6) is 2.32. The Morgan fingerprint density at radius 3 is 2.82 bits per heavy atom. The first-order valence-electron chi connectivity index (χ1n) is 7.15. The smallest absolute Gasteiger partial charge is 0.241 e. The first kappa shape index (κ1) is 14.8. The van der Waals surface area contributed by atoms with Crippen LogP contribution in [-0.2, 0) is 6.54 Å². The van der Waals surface area contributed by atoms with E-state index in [-0.39, 0.29) is 6.10 Å². The van der Waals surface area contributed by atoms with Gasteiger partial charge in [0.05, 0.1) is 26.9 Å². The van der Waals surface area contributed by atoms with Crippen molar-refractivity contribution < 1.29 is 19.1 Å². The van der Waals surface area contributed by atoms with E-state index in [1.165, 1.54) is 0 Å². The topological polar surface area (TPSA) is 80.9 Å². The van der Waals surface area contributed by atoms with Gasteiger partial charge in [0.15, 0.2) is 11.5 Å². The molecule has 2 heterocycles. The number of likely N-dealkylation sites (tertiary alicyclic amines) is 1. The molecular weight excluding hydrogens is 286 g/mol. The molecule has 1 aliphatic heterocycles. The third-order valence-electron chi connectivity index (χ3n) is 3.72. The molecule has 1 saturated heterocycles. The van der Waals surface area contributed by atoms with Crippen molar-refractivity contribution in [2.75, 3.05) is 27.3 Å². The first-order valence-corrected chi connectivity index (χ1v) is 7.15. The summed E-state index contributed by atoms with van der Waals surface area (Å²) >= 11 is 0. The van der Waals surface area contributed by atoms with Crippen molar-refractivity contribution >= 4 is 0 Å². The van der Waals surface area contributed by atoms with Gasteiger partial charge in [-0.05, 0) is 24.6 Å². The quantitative estimate of drug-likeness (QED) is 0.892. The Bertz CT molecular complexity index is 643. The van der Waals surface area contributed by atoms with Gasteiger partial charge in [-0.2, -0.15) is 4.98 Å². The number of rotatable bonds is 5. The van der Waals surface area contributed by atoms with Gasteiger partial charge < -0.3 is 19.1 Å². The Kier molecular flexibility index (Phi) is 4.26. The van der Waals surface area contributed by atoms with E-state index < -0.39 is 0 Å². The molecule has 0 saturated carbocycles. The highest BCUT2D eigenvalue weighted by Gasteiger charge is 2.22. The van der Waals surface area contributed by atoms with E-state index in [0.29, 0.717) is 36.3 Å². The van der Waals surface area contributed by atoms with Crippen LogP contribution in [-0.4, -0.2) is 53.6 Å². The fourth-order valence-corrected chi connectivity index (χ4v) is 2.56. The van der Waals surface area contributed by atoms with Gasteiger partial charge in [0, 0.05) is 18.7 Å². The second-order valence-corrected chi connectivity index (χ2v) is 5.26. The molecule has 1 atom stereocenters. The van der Waals surface area contributed by atoms with Crippen molar-refractivity contribution in [3.8, 4) is 22.9 Å². The summed E-state index contributed by atoms with van der Waals surface area (Å²) in [6, 6.07) is 5.48. The molecule has 118 valence electrons.